The SMILES string of the molecule is CC1(C)OC(=O)C(=Cc2ccc(O)cc2)C(=O)O1.CC1(C)OC(=O)C(C(c2ccc(O)cc2)C2CC2)C(=O)O1.CO/N=C(\COc1ccc(COc2ccc(C(CC(=O)O)C3CC3)cc2)cc1)c1ccccc1.CO/N=C(\COc1ccc(COc2ccc(C(CC(=O)OC)C3CC3)cc2)cc1)c1ccccc1.COC(=O)CC(c1ccc(O)cc1)C1CC1.O=C(O)CC(c1ccc(O)cc1)C1CC1.[Br-].[CH-]1CC1.[Mg+2]. The topological polar surface area (TPSA) is 393 Å². The first-order valence-corrected chi connectivity index (χ1v) is 47.8. The van der Waals surface area contributed by atoms with Crippen molar-refractivity contribution in [2.45, 2.75) is 185 Å². The average molecular weight is 2040 g/mol. The Morgan fingerprint density at radius 1 is 0.382 bits per heavy atom. The van der Waals surface area contributed by atoms with Crippen LogP contribution in [0.4, 0.5) is 0 Å². The van der Waals surface area contributed by atoms with Crippen molar-refractivity contribution in [2.75, 3.05) is 41.7 Å². The van der Waals surface area contributed by atoms with E-state index in [4.69, 9.17) is 72.4 Å². The molecule has 6 saturated carbocycles. The number of aliphatic carboxylic acids is 2. The van der Waals surface area contributed by atoms with Crippen LogP contribution in [0.1, 0.15) is 216 Å². The molecule has 0 radical (unpaired) electrons. The van der Waals surface area contributed by atoms with Gasteiger partial charge in [0.2, 0.25) is 0 Å². The number of cyclic esters (lactones) is 4. The second-order valence-electron chi connectivity index (χ2n) is 36.8. The summed E-state index contributed by atoms with van der Waals surface area (Å²) in [6.45, 7) is 7.55. The van der Waals surface area contributed by atoms with Crippen molar-refractivity contribution < 1.29 is 143 Å². The van der Waals surface area contributed by atoms with Crippen LogP contribution in [0.2, 0.25) is 0 Å². The van der Waals surface area contributed by atoms with E-state index in [1.54, 1.807) is 74.5 Å². The Morgan fingerprint density at radius 3 is 0.965 bits per heavy atom. The van der Waals surface area contributed by atoms with E-state index in [9.17, 15) is 53.7 Å². The second kappa shape index (κ2) is 55.2. The van der Waals surface area contributed by atoms with E-state index in [0.717, 1.165) is 112 Å². The summed E-state index contributed by atoms with van der Waals surface area (Å²) in [7, 11) is 5.91. The van der Waals surface area contributed by atoms with E-state index in [1.165, 1.54) is 105 Å². The smallest absolute Gasteiger partial charge is 1.00 e. The second-order valence-corrected chi connectivity index (χ2v) is 36.8. The number of carboxylic acids is 2. The predicted molar refractivity (Wildman–Crippen MR) is 536 cm³/mol. The molecule has 144 heavy (non-hydrogen) atoms. The van der Waals surface area contributed by atoms with Gasteiger partial charge in [0.1, 0.15) is 104 Å². The number of carbonyl (C=O) groups is 8. The molecule has 0 bridgehead atoms. The first-order chi connectivity index (χ1) is 68.4. The molecule has 5 atom stereocenters. The Balaban J connectivity index is 0.000000181. The first kappa shape index (κ1) is 112. The van der Waals surface area contributed by atoms with E-state index in [-0.39, 0.29) is 129 Å². The molecule has 10 aromatic rings. The van der Waals surface area contributed by atoms with Crippen molar-refractivity contribution in [3.8, 4) is 46.0 Å². The maximum absolute atomic E-state index is 12.3. The molecule has 0 aromatic heterocycles. The van der Waals surface area contributed by atoms with Crippen LogP contribution < -0.4 is 35.9 Å². The number of halogens is 1. The summed E-state index contributed by atoms with van der Waals surface area (Å²) in [5, 5.41) is 63.1. The van der Waals surface area contributed by atoms with Crippen molar-refractivity contribution in [1.82, 2.24) is 0 Å². The molecule has 18 rings (SSSR count). The van der Waals surface area contributed by atoms with Gasteiger partial charge in [-0.3, -0.25) is 28.8 Å². The molecule has 2 heterocycles. The number of hydrogen-bond donors (Lipinski definition) is 6. The number of esters is 6. The quantitative estimate of drug-likeness (QED) is 0.00244. The summed E-state index contributed by atoms with van der Waals surface area (Å²) in [5.74, 6) is -0.985. The molecule has 756 valence electrons. The summed E-state index contributed by atoms with van der Waals surface area (Å²) in [6.07, 6.45) is 18.7. The molecule has 6 aliphatic carbocycles. The van der Waals surface area contributed by atoms with Gasteiger partial charge in [0.15, 0.2) is 5.92 Å². The van der Waals surface area contributed by atoms with Crippen LogP contribution in [0.25, 0.3) is 6.08 Å². The number of rotatable bonds is 36. The normalized spacial score (nSPS) is 16.7. The van der Waals surface area contributed by atoms with Gasteiger partial charge >= 0.3 is 70.8 Å². The molecule has 2 aliphatic heterocycles. The van der Waals surface area contributed by atoms with Crippen LogP contribution in [0, 0.1) is 41.9 Å². The van der Waals surface area contributed by atoms with Gasteiger partial charge in [0, 0.05) is 44.7 Å². The number of aromatic hydroxyl groups is 4. The Labute approximate surface area is 866 Å². The molecule has 8 fully saturated rings. The number of carbonyl (C=O) groups excluding carboxylic acids is 6. The monoisotopic (exact) mass is 2040 g/mol. The molecular weight excluding hydrogens is 1920 g/mol. The van der Waals surface area contributed by atoms with Crippen molar-refractivity contribution in [2.24, 2.45) is 45.8 Å². The Bertz CT molecular complexity index is 5820. The van der Waals surface area contributed by atoms with E-state index >= 15 is 0 Å². The third kappa shape index (κ3) is 37.2. The predicted octanol–water partition coefficient (Wildman–Crippen LogP) is 17.8. The molecule has 28 nitrogen and oxygen atoms in total. The van der Waals surface area contributed by atoms with Crippen molar-refractivity contribution >= 4 is 88.3 Å². The van der Waals surface area contributed by atoms with Gasteiger partial charge in [-0.15, -0.1) is 0 Å². The molecule has 6 N–H and O–H groups in total. The minimum atomic E-state index is -1.24. The molecule has 0 spiro atoms. The van der Waals surface area contributed by atoms with Crippen molar-refractivity contribution in [3.63, 3.8) is 0 Å². The number of phenolic OH excluding ortho intramolecular Hbond substituents is 4. The van der Waals surface area contributed by atoms with Gasteiger partial charge in [-0.05, 0) is 265 Å². The molecular formula is C114H125BrMgN2O26. The summed E-state index contributed by atoms with van der Waals surface area (Å²) in [5.41, 5.74) is 11.1. The van der Waals surface area contributed by atoms with Crippen LogP contribution in [0.5, 0.6) is 46.0 Å². The largest absolute Gasteiger partial charge is 2.00 e. The van der Waals surface area contributed by atoms with Crippen LogP contribution in [0.3, 0.4) is 0 Å². The van der Waals surface area contributed by atoms with E-state index in [0.29, 0.717) is 74.2 Å². The van der Waals surface area contributed by atoms with Gasteiger partial charge in [-0.1, -0.05) is 168 Å². The molecule has 5 unspecified atom stereocenters. The summed E-state index contributed by atoms with van der Waals surface area (Å²) >= 11 is 0. The summed E-state index contributed by atoms with van der Waals surface area (Å²) < 4.78 is 53.6. The number of methoxy groups -OCH3 is 2. The number of carboxylic acid groups (broad SMARTS) is 2. The van der Waals surface area contributed by atoms with Crippen LogP contribution in [0.15, 0.2) is 271 Å². The number of nitrogens with zero attached hydrogens (tertiary/aromatic N) is 2. The number of benzene rings is 10. The standard InChI is InChI=1S/C29H31NO5.C28H29NO5.C16H18O5.C13H12O5.C13H16O3.C12H14O3.C3H5.BrH.Mg/c1-32-29(31)18-27(22-10-11-22)23-12-16-26(17-13-23)34-19-21-8-14-25(15-9-21)35-20-28(30-33-2)24-6-4-3-5-7-24;1-32-29-27(23-5-3-2-4-6-23)19-34-24-13-7-20(8-14-24)18-33-25-15-11-22(12-16-25)26(17-28(30)31)21-9-10-21;1-16(2)20-14(18)13(15(19)21-16)12(9-3-4-9)10-5-7-11(17)8-6-10;1-13(2)17-11(15)10(12(16)18-13)7-8-3-5-9(14)6-4-8;1-16-13(15)8-12(9-2-3-9)10-4-6-11(14)7-5-10;13-10-5-3-9(4-6-10)11(7-12(14)15)8-1-2-8;1-2-3-1;;/h3-9,12-17,22,27H,10-11,18-20H2,1-2H3;2-8,11-16,21,26H,9-10,17-19H2,1H3,(H,30,31);5-9,12-13,17H,3-4H2,1-2H3;3-7,14H,1-2H3;4-7,9,12,14H,2-3,8H2,1H3;3-6,8,11,13H,1-2,7H2,(H,14,15);1H,2-3H2;1H;/q;;;;;;-1;;+2/p-1/b30-28+;29-27+;;;;;;;. The van der Waals surface area contributed by atoms with Gasteiger partial charge in [0.05, 0.1) is 39.9 Å². The van der Waals surface area contributed by atoms with Crippen LogP contribution in [-0.4, -0.2) is 166 Å². The third-order valence-corrected chi connectivity index (χ3v) is 24.6. The summed E-state index contributed by atoms with van der Waals surface area (Å²) in [6, 6.07) is 77.7. The first-order valence-electron chi connectivity index (χ1n) is 47.8. The summed E-state index contributed by atoms with van der Waals surface area (Å²) in [4.78, 5) is 103. The fourth-order valence-corrected chi connectivity index (χ4v) is 16.4. The van der Waals surface area contributed by atoms with Gasteiger partial charge < -0.3 is 111 Å². The molecule has 0 amide bonds. The van der Waals surface area contributed by atoms with Crippen LogP contribution >= 0.6 is 0 Å². The van der Waals surface area contributed by atoms with E-state index in [1.807, 2.05) is 170 Å². The van der Waals surface area contributed by atoms with Crippen LogP contribution in [-0.2, 0) is 89.7 Å². The number of hydrogen-bond acceptors (Lipinski definition) is 26. The maximum atomic E-state index is 12.3. The fourth-order valence-electron chi connectivity index (χ4n) is 16.4. The average Bonchev–Trinajstić information content (AvgIpc) is 1.58. The minimum absolute atomic E-state index is 0. The maximum Gasteiger partial charge on any atom is 2.00 e. The Kier molecular flexibility index (Phi) is 43.0. The molecule has 8 aliphatic rings. The molecule has 2 saturated heterocycles. The zero-order valence-corrected chi connectivity index (χ0v) is 85.2. The van der Waals surface area contributed by atoms with Gasteiger partial charge in [-0.2, -0.15) is 0 Å². The number of phenols is 4. The van der Waals surface area contributed by atoms with Gasteiger partial charge in [-0.25, -0.2) is 22.4 Å². The van der Waals surface area contributed by atoms with Crippen molar-refractivity contribution in [1.29, 1.82) is 0 Å². The molecule has 10 aromatic carbocycles. The zero-order chi connectivity index (χ0) is 101. The Morgan fingerprint density at radius 2 is 0.667 bits per heavy atom. The fraction of sp³-hybridized carbons (Fsp3) is 0.360. The van der Waals surface area contributed by atoms with E-state index in [2.05, 4.69) is 28.9 Å². The zero-order valence-electron chi connectivity index (χ0n) is 82.2. The molecule has 30 heteroatoms. The Hall–Kier alpha value is -13.7. The number of ether oxygens (including phenoxy) is 10. The van der Waals surface area contributed by atoms with Gasteiger partial charge in [0.25, 0.3) is 11.6 Å². The van der Waals surface area contributed by atoms with E-state index < -0.39 is 53.3 Å². The van der Waals surface area contributed by atoms with Crippen molar-refractivity contribution in [3.05, 3.63) is 322 Å². The third-order valence-electron chi connectivity index (χ3n) is 24.6. The number of oxime groups is 2. The minimum Gasteiger partial charge on any atom is -1.00 e.